The van der Waals surface area contributed by atoms with Crippen LogP contribution in [0.5, 0.6) is 0 Å². The molecule has 0 aromatic carbocycles. The summed E-state index contributed by atoms with van der Waals surface area (Å²) in [5, 5.41) is 0. The predicted molar refractivity (Wildman–Crippen MR) is 55.4 cm³/mol. The SMILES string of the molecule is CCCN(C(=O)C(C)(C)N)C(C)C. The Morgan fingerprint density at radius 1 is 1.46 bits per heavy atom. The van der Waals surface area contributed by atoms with Gasteiger partial charge in [-0.25, -0.2) is 0 Å². The highest BCUT2D eigenvalue weighted by Gasteiger charge is 2.28. The molecular weight excluding hydrogens is 164 g/mol. The first-order valence-electron chi connectivity index (χ1n) is 4.90. The van der Waals surface area contributed by atoms with Gasteiger partial charge in [-0.15, -0.1) is 0 Å². The molecular formula is C10H22N2O. The van der Waals surface area contributed by atoms with E-state index in [1.807, 2.05) is 18.7 Å². The molecule has 0 unspecified atom stereocenters. The molecule has 0 aliphatic heterocycles. The van der Waals surface area contributed by atoms with Crippen molar-refractivity contribution in [3.63, 3.8) is 0 Å². The maximum absolute atomic E-state index is 11.8. The normalized spacial score (nSPS) is 11.9. The van der Waals surface area contributed by atoms with Crippen molar-refractivity contribution in [3.05, 3.63) is 0 Å². The highest BCUT2D eigenvalue weighted by Crippen LogP contribution is 2.08. The quantitative estimate of drug-likeness (QED) is 0.720. The van der Waals surface area contributed by atoms with Crippen LogP contribution in [0.15, 0.2) is 0 Å². The van der Waals surface area contributed by atoms with E-state index in [9.17, 15) is 4.79 Å². The van der Waals surface area contributed by atoms with Crippen molar-refractivity contribution in [2.45, 2.75) is 52.6 Å². The number of carbonyl (C=O) groups excluding carboxylic acids is 1. The maximum Gasteiger partial charge on any atom is 0.242 e. The molecule has 0 bridgehead atoms. The lowest BCUT2D eigenvalue weighted by Gasteiger charge is -2.32. The Kier molecular flexibility index (Phi) is 4.40. The van der Waals surface area contributed by atoms with Crippen LogP contribution >= 0.6 is 0 Å². The van der Waals surface area contributed by atoms with Gasteiger partial charge in [0.15, 0.2) is 0 Å². The van der Waals surface area contributed by atoms with Crippen LogP contribution < -0.4 is 5.73 Å². The summed E-state index contributed by atoms with van der Waals surface area (Å²) in [7, 11) is 0. The molecule has 3 nitrogen and oxygen atoms in total. The van der Waals surface area contributed by atoms with Crippen LogP contribution in [-0.2, 0) is 4.79 Å². The van der Waals surface area contributed by atoms with Crippen molar-refractivity contribution in [3.8, 4) is 0 Å². The highest BCUT2D eigenvalue weighted by molar-refractivity contribution is 5.85. The fourth-order valence-electron chi connectivity index (χ4n) is 1.21. The van der Waals surface area contributed by atoms with Gasteiger partial charge in [0.05, 0.1) is 5.54 Å². The fourth-order valence-corrected chi connectivity index (χ4v) is 1.21. The van der Waals surface area contributed by atoms with Crippen LogP contribution in [0.1, 0.15) is 41.0 Å². The lowest BCUT2D eigenvalue weighted by atomic mass is 10.0. The number of hydrogen-bond acceptors (Lipinski definition) is 2. The summed E-state index contributed by atoms with van der Waals surface area (Å²) >= 11 is 0. The van der Waals surface area contributed by atoms with Crippen LogP contribution in [-0.4, -0.2) is 28.9 Å². The molecule has 0 spiro atoms. The minimum atomic E-state index is -0.751. The zero-order valence-electron chi connectivity index (χ0n) is 9.42. The molecule has 0 saturated carbocycles. The first kappa shape index (κ1) is 12.4. The number of hydrogen-bond donors (Lipinski definition) is 1. The molecule has 0 aliphatic rings. The summed E-state index contributed by atoms with van der Waals surface area (Å²) < 4.78 is 0. The highest BCUT2D eigenvalue weighted by atomic mass is 16.2. The smallest absolute Gasteiger partial charge is 0.242 e. The van der Waals surface area contributed by atoms with Gasteiger partial charge in [0.1, 0.15) is 0 Å². The molecule has 0 saturated heterocycles. The first-order valence-corrected chi connectivity index (χ1v) is 4.90. The van der Waals surface area contributed by atoms with Crippen LogP contribution in [0.2, 0.25) is 0 Å². The number of carbonyl (C=O) groups is 1. The molecule has 0 atom stereocenters. The predicted octanol–water partition coefficient (Wildman–Crippen LogP) is 1.37. The van der Waals surface area contributed by atoms with E-state index in [2.05, 4.69) is 6.92 Å². The Morgan fingerprint density at radius 2 is 1.92 bits per heavy atom. The zero-order valence-corrected chi connectivity index (χ0v) is 9.42. The van der Waals surface area contributed by atoms with E-state index in [1.54, 1.807) is 13.8 Å². The average Bonchev–Trinajstić information content (AvgIpc) is 1.96. The Balaban J connectivity index is 4.47. The van der Waals surface area contributed by atoms with Gasteiger partial charge in [0, 0.05) is 12.6 Å². The zero-order chi connectivity index (χ0) is 10.6. The fraction of sp³-hybridized carbons (Fsp3) is 0.900. The van der Waals surface area contributed by atoms with Crippen molar-refractivity contribution >= 4 is 5.91 Å². The second kappa shape index (κ2) is 4.61. The molecule has 0 aromatic heterocycles. The van der Waals surface area contributed by atoms with Crippen LogP contribution in [0.3, 0.4) is 0 Å². The van der Waals surface area contributed by atoms with Gasteiger partial charge in [0.25, 0.3) is 0 Å². The van der Waals surface area contributed by atoms with Crippen LogP contribution in [0.4, 0.5) is 0 Å². The van der Waals surface area contributed by atoms with E-state index in [1.165, 1.54) is 0 Å². The molecule has 3 heteroatoms. The van der Waals surface area contributed by atoms with Gasteiger partial charge in [0.2, 0.25) is 5.91 Å². The van der Waals surface area contributed by atoms with Crippen molar-refractivity contribution in [2.75, 3.05) is 6.54 Å². The Bertz CT molecular complexity index is 170. The molecule has 0 aromatic rings. The monoisotopic (exact) mass is 186 g/mol. The van der Waals surface area contributed by atoms with E-state index in [4.69, 9.17) is 5.73 Å². The van der Waals surface area contributed by atoms with E-state index >= 15 is 0 Å². The van der Waals surface area contributed by atoms with Gasteiger partial charge in [-0.3, -0.25) is 4.79 Å². The summed E-state index contributed by atoms with van der Waals surface area (Å²) in [5.74, 6) is 0.0318. The van der Waals surface area contributed by atoms with Gasteiger partial charge in [-0.1, -0.05) is 6.92 Å². The second-order valence-corrected chi connectivity index (χ2v) is 4.31. The number of nitrogens with zero attached hydrogens (tertiary/aromatic N) is 1. The Labute approximate surface area is 81.3 Å². The standard InChI is InChI=1S/C10H22N2O/c1-6-7-12(8(2)3)9(13)10(4,5)11/h8H,6-7,11H2,1-5H3. The van der Waals surface area contributed by atoms with Crippen molar-refractivity contribution < 1.29 is 4.79 Å². The lowest BCUT2D eigenvalue weighted by Crippen LogP contribution is -2.53. The molecule has 0 heterocycles. The topological polar surface area (TPSA) is 46.3 Å². The van der Waals surface area contributed by atoms with Crippen LogP contribution in [0, 0.1) is 0 Å². The van der Waals surface area contributed by atoms with Crippen LogP contribution in [0.25, 0.3) is 0 Å². The lowest BCUT2D eigenvalue weighted by molar-refractivity contribution is -0.137. The third kappa shape index (κ3) is 3.77. The molecule has 0 radical (unpaired) electrons. The van der Waals surface area contributed by atoms with E-state index in [0.717, 1.165) is 13.0 Å². The molecule has 0 rings (SSSR count). The van der Waals surface area contributed by atoms with Crippen molar-refractivity contribution in [2.24, 2.45) is 5.73 Å². The summed E-state index contributed by atoms with van der Waals surface area (Å²) in [4.78, 5) is 13.6. The molecule has 2 N–H and O–H groups in total. The Morgan fingerprint density at radius 3 is 2.15 bits per heavy atom. The summed E-state index contributed by atoms with van der Waals surface area (Å²) in [6.45, 7) is 10.4. The largest absolute Gasteiger partial charge is 0.339 e. The minimum Gasteiger partial charge on any atom is -0.339 e. The third-order valence-electron chi connectivity index (χ3n) is 1.90. The van der Waals surface area contributed by atoms with E-state index in [-0.39, 0.29) is 11.9 Å². The Hall–Kier alpha value is -0.570. The maximum atomic E-state index is 11.8. The van der Waals surface area contributed by atoms with E-state index < -0.39 is 5.54 Å². The summed E-state index contributed by atoms with van der Waals surface area (Å²) in [5.41, 5.74) is 5.01. The number of rotatable bonds is 4. The molecule has 78 valence electrons. The van der Waals surface area contributed by atoms with Gasteiger partial charge < -0.3 is 10.6 Å². The average molecular weight is 186 g/mol. The van der Waals surface area contributed by atoms with Gasteiger partial charge in [-0.05, 0) is 34.1 Å². The van der Waals surface area contributed by atoms with Crippen molar-refractivity contribution in [1.82, 2.24) is 4.90 Å². The van der Waals surface area contributed by atoms with E-state index in [0.29, 0.717) is 0 Å². The van der Waals surface area contributed by atoms with Gasteiger partial charge in [-0.2, -0.15) is 0 Å². The van der Waals surface area contributed by atoms with Gasteiger partial charge >= 0.3 is 0 Å². The number of nitrogens with two attached hydrogens (primary N) is 1. The first-order chi connectivity index (χ1) is 5.80. The minimum absolute atomic E-state index is 0.0318. The molecule has 13 heavy (non-hydrogen) atoms. The summed E-state index contributed by atoms with van der Waals surface area (Å²) in [6.07, 6.45) is 0.972. The number of amides is 1. The molecule has 0 fully saturated rings. The van der Waals surface area contributed by atoms with Crippen molar-refractivity contribution in [1.29, 1.82) is 0 Å². The second-order valence-electron chi connectivity index (χ2n) is 4.31. The third-order valence-corrected chi connectivity index (χ3v) is 1.90. The molecule has 0 aliphatic carbocycles. The summed E-state index contributed by atoms with van der Waals surface area (Å²) in [6, 6.07) is 0.232. The molecule has 1 amide bonds.